The van der Waals surface area contributed by atoms with Crippen molar-refractivity contribution in [3.8, 4) is 11.8 Å². The average Bonchev–Trinajstić information content (AvgIpc) is 2.40. The summed E-state index contributed by atoms with van der Waals surface area (Å²) in [6.45, 7) is 5.59. The molecule has 108 valence electrons. The number of rotatable bonds is 2. The summed E-state index contributed by atoms with van der Waals surface area (Å²) >= 11 is 0. The van der Waals surface area contributed by atoms with E-state index in [0.29, 0.717) is 24.2 Å². The first-order valence-electron chi connectivity index (χ1n) is 7.34. The van der Waals surface area contributed by atoms with Gasteiger partial charge in [-0.1, -0.05) is 18.3 Å². The molecular weight excluding hydrogens is 251 g/mol. The van der Waals surface area contributed by atoms with Crippen molar-refractivity contribution in [3.63, 3.8) is 0 Å². The van der Waals surface area contributed by atoms with Crippen LogP contribution in [0, 0.1) is 17.7 Å². The van der Waals surface area contributed by atoms with E-state index in [-0.39, 0.29) is 5.82 Å². The maximum Gasteiger partial charge on any atom is 0.124 e. The fourth-order valence-corrected chi connectivity index (χ4v) is 2.96. The summed E-state index contributed by atoms with van der Waals surface area (Å²) in [5.41, 5.74) is 7.07. The molecule has 0 unspecified atom stereocenters. The van der Waals surface area contributed by atoms with E-state index in [1.54, 1.807) is 6.07 Å². The lowest BCUT2D eigenvalue weighted by Crippen LogP contribution is -2.42. The van der Waals surface area contributed by atoms with Crippen LogP contribution in [0.1, 0.15) is 44.2 Å². The van der Waals surface area contributed by atoms with Crippen LogP contribution in [0.3, 0.4) is 0 Å². The van der Waals surface area contributed by atoms with Crippen LogP contribution in [0.4, 0.5) is 4.39 Å². The van der Waals surface area contributed by atoms with Gasteiger partial charge in [0.1, 0.15) is 5.82 Å². The molecule has 1 aliphatic rings. The van der Waals surface area contributed by atoms with Crippen LogP contribution < -0.4 is 5.73 Å². The van der Waals surface area contributed by atoms with Gasteiger partial charge in [0.25, 0.3) is 0 Å². The van der Waals surface area contributed by atoms with Gasteiger partial charge in [0.2, 0.25) is 0 Å². The van der Waals surface area contributed by atoms with Gasteiger partial charge in [0.05, 0.1) is 6.54 Å². The van der Waals surface area contributed by atoms with Gasteiger partial charge in [-0.15, -0.1) is 0 Å². The second kappa shape index (κ2) is 6.88. The molecule has 2 N–H and O–H groups in total. The van der Waals surface area contributed by atoms with Crippen LogP contribution in [0.15, 0.2) is 18.2 Å². The Labute approximate surface area is 121 Å². The summed E-state index contributed by atoms with van der Waals surface area (Å²) in [7, 11) is 0. The Balaban J connectivity index is 2.17. The molecule has 2 atom stereocenters. The zero-order valence-electron chi connectivity index (χ0n) is 12.3. The average molecular weight is 274 g/mol. The van der Waals surface area contributed by atoms with Crippen molar-refractivity contribution in [2.45, 2.75) is 51.7 Å². The first kappa shape index (κ1) is 15.0. The Morgan fingerprint density at radius 2 is 1.95 bits per heavy atom. The van der Waals surface area contributed by atoms with Gasteiger partial charge in [-0.05, 0) is 50.5 Å². The fraction of sp³-hybridized carbons (Fsp3) is 0.529. The van der Waals surface area contributed by atoms with Crippen molar-refractivity contribution in [1.29, 1.82) is 0 Å². The Hall–Kier alpha value is -1.37. The topological polar surface area (TPSA) is 29.3 Å². The highest BCUT2D eigenvalue weighted by Gasteiger charge is 2.24. The van der Waals surface area contributed by atoms with E-state index in [4.69, 9.17) is 5.73 Å². The molecule has 0 spiro atoms. The molecular formula is C17H23FN2. The zero-order chi connectivity index (χ0) is 14.5. The first-order chi connectivity index (χ1) is 9.60. The standard InChI is InChI=1S/C17H23FN2/c1-13-5-3-6-14(2)20(13)12-16-9-15(7-4-8-19)10-17(18)11-16/h9-11,13-14H,3,5-6,8,12,19H2,1-2H3/t13-,14+. The van der Waals surface area contributed by atoms with E-state index in [1.165, 1.54) is 25.3 Å². The number of piperidine rings is 1. The molecule has 0 amide bonds. The van der Waals surface area contributed by atoms with E-state index in [0.717, 1.165) is 12.1 Å². The zero-order valence-corrected chi connectivity index (χ0v) is 12.3. The minimum atomic E-state index is -0.221. The molecule has 1 aromatic carbocycles. The molecule has 0 radical (unpaired) electrons. The van der Waals surface area contributed by atoms with E-state index >= 15 is 0 Å². The molecule has 0 aliphatic carbocycles. The number of nitrogens with two attached hydrogens (primary N) is 1. The van der Waals surface area contributed by atoms with Crippen molar-refractivity contribution in [2.75, 3.05) is 6.54 Å². The third-order valence-electron chi connectivity index (χ3n) is 4.03. The molecule has 20 heavy (non-hydrogen) atoms. The van der Waals surface area contributed by atoms with Crippen LogP contribution in [-0.2, 0) is 6.54 Å². The molecule has 0 aromatic heterocycles. The lowest BCUT2D eigenvalue weighted by molar-refractivity contribution is 0.0951. The number of hydrogen-bond acceptors (Lipinski definition) is 2. The molecule has 1 saturated heterocycles. The summed E-state index contributed by atoms with van der Waals surface area (Å²) in [5, 5.41) is 0. The van der Waals surface area contributed by atoms with Gasteiger partial charge in [0, 0.05) is 24.2 Å². The van der Waals surface area contributed by atoms with Gasteiger partial charge >= 0.3 is 0 Å². The Morgan fingerprint density at radius 1 is 1.25 bits per heavy atom. The molecule has 1 aromatic rings. The van der Waals surface area contributed by atoms with Gasteiger partial charge in [-0.3, -0.25) is 4.90 Å². The maximum absolute atomic E-state index is 13.7. The summed E-state index contributed by atoms with van der Waals surface area (Å²) < 4.78 is 13.7. The SMILES string of the molecule is C[C@@H]1CCC[C@H](C)N1Cc1cc(F)cc(C#CCN)c1. The summed E-state index contributed by atoms with van der Waals surface area (Å²) in [5.74, 6) is 5.47. The van der Waals surface area contributed by atoms with Crippen molar-refractivity contribution in [1.82, 2.24) is 4.90 Å². The van der Waals surface area contributed by atoms with Crippen LogP contribution in [0.2, 0.25) is 0 Å². The van der Waals surface area contributed by atoms with Crippen LogP contribution in [0.5, 0.6) is 0 Å². The Kier molecular flexibility index (Phi) is 5.17. The van der Waals surface area contributed by atoms with E-state index < -0.39 is 0 Å². The summed E-state index contributed by atoms with van der Waals surface area (Å²) in [6, 6.07) is 6.16. The predicted octanol–water partition coefficient (Wildman–Crippen LogP) is 2.90. The predicted molar refractivity (Wildman–Crippen MR) is 80.7 cm³/mol. The number of halogens is 1. The minimum Gasteiger partial charge on any atom is -0.320 e. The largest absolute Gasteiger partial charge is 0.320 e. The van der Waals surface area contributed by atoms with E-state index in [1.807, 2.05) is 6.07 Å². The first-order valence-corrected chi connectivity index (χ1v) is 7.34. The summed E-state index contributed by atoms with van der Waals surface area (Å²) in [6.07, 6.45) is 3.73. The van der Waals surface area contributed by atoms with Crippen molar-refractivity contribution >= 4 is 0 Å². The summed E-state index contributed by atoms with van der Waals surface area (Å²) in [4.78, 5) is 2.46. The Morgan fingerprint density at radius 3 is 2.60 bits per heavy atom. The molecule has 1 heterocycles. The molecule has 1 fully saturated rings. The number of hydrogen-bond donors (Lipinski definition) is 1. The highest BCUT2D eigenvalue weighted by atomic mass is 19.1. The number of benzene rings is 1. The lowest BCUT2D eigenvalue weighted by atomic mass is 9.96. The smallest absolute Gasteiger partial charge is 0.124 e. The third-order valence-corrected chi connectivity index (χ3v) is 4.03. The van der Waals surface area contributed by atoms with E-state index in [2.05, 4.69) is 30.6 Å². The Bertz CT molecular complexity index is 505. The molecule has 3 heteroatoms. The van der Waals surface area contributed by atoms with Crippen molar-refractivity contribution in [2.24, 2.45) is 5.73 Å². The van der Waals surface area contributed by atoms with Crippen LogP contribution in [0.25, 0.3) is 0 Å². The molecule has 2 rings (SSSR count). The molecule has 0 bridgehead atoms. The van der Waals surface area contributed by atoms with Crippen LogP contribution in [-0.4, -0.2) is 23.5 Å². The third kappa shape index (κ3) is 3.82. The molecule has 0 saturated carbocycles. The maximum atomic E-state index is 13.7. The fourth-order valence-electron chi connectivity index (χ4n) is 2.96. The quantitative estimate of drug-likeness (QED) is 0.840. The second-order valence-corrected chi connectivity index (χ2v) is 5.66. The van der Waals surface area contributed by atoms with Gasteiger partial charge in [-0.25, -0.2) is 4.39 Å². The highest BCUT2D eigenvalue weighted by Crippen LogP contribution is 2.25. The molecule has 2 nitrogen and oxygen atoms in total. The number of nitrogens with zero attached hydrogens (tertiary/aromatic N) is 1. The van der Waals surface area contributed by atoms with E-state index in [9.17, 15) is 4.39 Å². The molecule has 1 aliphatic heterocycles. The van der Waals surface area contributed by atoms with Crippen molar-refractivity contribution < 1.29 is 4.39 Å². The number of likely N-dealkylation sites (tertiary alicyclic amines) is 1. The van der Waals surface area contributed by atoms with Crippen LogP contribution >= 0.6 is 0 Å². The minimum absolute atomic E-state index is 0.221. The van der Waals surface area contributed by atoms with Gasteiger partial charge < -0.3 is 5.73 Å². The highest BCUT2D eigenvalue weighted by molar-refractivity contribution is 5.38. The normalized spacial score (nSPS) is 23.2. The van der Waals surface area contributed by atoms with Gasteiger partial charge in [0.15, 0.2) is 0 Å². The monoisotopic (exact) mass is 274 g/mol. The second-order valence-electron chi connectivity index (χ2n) is 5.66. The van der Waals surface area contributed by atoms with Gasteiger partial charge in [-0.2, -0.15) is 0 Å². The lowest BCUT2D eigenvalue weighted by Gasteiger charge is -2.39. The van der Waals surface area contributed by atoms with Crippen molar-refractivity contribution in [3.05, 3.63) is 35.1 Å².